The Balaban J connectivity index is 1.49. The number of ether oxygens (including phenoxy) is 1. The monoisotopic (exact) mass is 477 g/mol. The SMILES string of the molecule is Cc1ccc(OCCn2c(CNC(=O)c3cccc(Br)c3)nc3ccccc32)c(C)c1. The fraction of sp³-hybridized carbons (Fsp3) is 0.200. The lowest BCUT2D eigenvalue weighted by Gasteiger charge is -2.13. The number of hydrogen-bond donors (Lipinski definition) is 1. The van der Waals surface area contributed by atoms with Crippen molar-refractivity contribution in [1.29, 1.82) is 0 Å². The van der Waals surface area contributed by atoms with Gasteiger partial charge in [0.25, 0.3) is 5.91 Å². The highest BCUT2D eigenvalue weighted by Crippen LogP contribution is 2.20. The molecular weight excluding hydrogens is 454 g/mol. The van der Waals surface area contributed by atoms with Gasteiger partial charge in [-0.05, 0) is 55.8 Å². The molecule has 0 aliphatic carbocycles. The minimum Gasteiger partial charge on any atom is -0.491 e. The van der Waals surface area contributed by atoms with Crippen LogP contribution in [0.15, 0.2) is 71.2 Å². The second-order valence-electron chi connectivity index (χ2n) is 7.48. The van der Waals surface area contributed by atoms with Gasteiger partial charge in [0.2, 0.25) is 0 Å². The molecule has 158 valence electrons. The highest BCUT2D eigenvalue weighted by atomic mass is 79.9. The number of amides is 1. The molecule has 0 fully saturated rings. The highest BCUT2D eigenvalue weighted by Gasteiger charge is 2.13. The quantitative estimate of drug-likeness (QED) is 0.386. The first kappa shape index (κ1) is 21.1. The fourth-order valence-corrected chi connectivity index (χ4v) is 4.01. The van der Waals surface area contributed by atoms with Gasteiger partial charge in [0.15, 0.2) is 0 Å². The van der Waals surface area contributed by atoms with Crippen LogP contribution in [0.5, 0.6) is 5.75 Å². The van der Waals surface area contributed by atoms with Gasteiger partial charge in [0.1, 0.15) is 18.2 Å². The largest absolute Gasteiger partial charge is 0.491 e. The van der Waals surface area contributed by atoms with Crippen molar-refractivity contribution in [2.75, 3.05) is 6.61 Å². The van der Waals surface area contributed by atoms with Gasteiger partial charge in [0.05, 0.1) is 24.1 Å². The van der Waals surface area contributed by atoms with Crippen LogP contribution < -0.4 is 10.1 Å². The van der Waals surface area contributed by atoms with E-state index in [1.807, 2.05) is 42.5 Å². The van der Waals surface area contributed by atoms with Gasteiger partial charge in [-0.15, -0.1) is 0 Å². The molecule has 3 aromatic carbocycles. The molecule has 0 atom stereocenters. The lowest BCUT2D eigenvalue weighted by molar-refractivity contribution is 0.0949. The van der Waals surface area contributed by atoms with Gasteiger partial charge in [-0.25, -0.2) is 4.98 Å². The van der Waals surface area contributed by atoms with Gasteiger partial charge >= 0.3 is 0 Å². The van der Waals surface area contributed by atoms with Crippen molar-refractivity contribution in [2.24, 2.45) is 0 Å². The summed E-state index contributed by atoms with van der Waals surface area (Å²) in [5.41, 5.74) is 4.88. The van der Waals surface area contributed by atoms with E-state index >= 15 is 0 Å². The summed E-state index contributed by atoms with van der Waals surface area (Å²) in [5.74, 6) is 1.56. The molecule has 0 saturated carbocycles. The molecule has 0 bridgehead atoms. The van der Waals surface area contributed by atoms with Crippen LogP contribution in [0.25, 0.3) is 11.0 Å². The number of fused-ring (bicyclic) bond motifs is 1. The number of carbonyl (C=O) groups is 1. The van der Waals surface area contributed by atoms with Crippen LogP contribution in [-0.4, -0.2) is 22.1 Å². The number of carbonyl (C=O) groups excluding carboxylic acids is 1. The van der Waals surface area contributed by atoms with Crippen LogP contribution >= 0.6 is 15.9 Å². The van der Waals surface area contributed by atoms with E-state index in [9.17, 15) is 4.79 Å². The average Bonchev–Trinajstić information content (AvgIpc) is 3.11. The third-order valence-electron chi connectivity index (χ3n) is 5.13. The first-order chi connectivity index (χ1) is 15.0. The van der Waals surface area contributed by atoms with Crippen molar-refractivity contribution in [3.05, 3.63) is 93.7 Å². The number of benzene rings is 3. The van der Waals surface area contributed by atoms with E-state index in [0.717, 1.165) is 32.6 Å². The van der Waals surface area contributed by atoms with E-state index in [1.54, 1.807) is 12.1 Å². The first-order valence-electron chi connectivity index (χ1n) is 10.2. The lowest BCUT2D eigenvalue weighted by atomic mass is 10.1. The smallest absolute Gasteiger partial charge is 0.251 e. The molecule has 1 amide bonds. The molecule has 0 spiro atoms. The van der Waals surface area contributed by atoms with E-state index in [2.05, 4.69) is 51.8 Å². The Morgan fingerprint density at radius 2 is 1.90 bits per heavy atom. The molecule has 4 rings (SSSR count). The molecule has 0 aliphatic heterocycles. The van der Waals surface area contributed by atoms with Gasteiger partial charge in [-0.1, -0.05) is 51.8 Å². The second-order valence-corrected chi connectivity index (χ2v) is 8.39. The average molecular weight is 478 g/mol. The highest BCUT2D eigenvalue weighted by molar-refractivity contribution is 9.10. The van der Waals surface area contributed by atoms with E-state index in [4.69, 9.17) is 9.72 Å². The zero-order valence-corrected chi connectivity index (χ0v) is 19.1. The van der Waals surface area contributed by atoms with Gasteiger partial charge in [0, 0.05) is 10.0 Å². The Morgan fingerprint density at radius 3 is 2.71 bits per heavy atom. The van der Waals surface area contributed by atoms with E-state index in [1.165, 1.54) is 5.56 Å². The van der Waals surface area contributed by atoms with Gasteiger partial charge in [-0.2, -0.15) is 0 Å². The maximum absolute atomic E-state index is 12.6. The lowest BCUT2D eigenvalue weighted by Crippen LogP contribution is -2.25. The predicted octanol–water partition coefficient (Wildman–Crippen LogP) is 5.42. The number of halogens is 1. The molecule has 1 heterocycles. The predicted molar refractivity (Wildman–Crippen MR) is 126 cm³/mol. The fourth-order valence-electron chi connectivity index (χ4n) is 3.61. The standard InChI is InChI=1S/C25H24BrN3O2/c1-17-10-11-23(18(2)14-17)31-13-12-29-22-9-4-3-8-21(22)28-24(29)16-27-25(30)19-6-5-7-20(26)15-19/h3-11,14-15H,12-13,16H2,1-2H3,(H,27,30). The maximum atomic E-state index is 12.6. The number of rotatable bonds is 7. The molecule has 5 nitrogen and oxygen atoms in total. The summed E-state index contributed by atoms with van der Waals surface area (Å²) in [6, 6.07) is 21.5. The zero-order valence-electron chi connectivity index (χ0n) is 17.6. The normalized spacial score (nSPS) is 10.9. The van der Waals surface area contributed by atoms with Crippen LogP contribution in [-0.2, 0) is 13.1 Å². The van der Waals surface area contributed by atoms with Crippen LogP contribution in [0.3, 0.4) is 0 Å². The Labute approximate surface area is 190 Å². The van der Waals surface area contributed by atoms with Gasteiger partial charge in [-0.3, -0.25) is 4.79 Å². The minimum atomic E-state index is -0.133. The number of aryl methyl sites for hydroxylation is 2. The summed E-state index contributed by atoms with van der Waals surface area (Å²) in [6.45, 7) is 5.61. The molecule has 31 heavy (non-hydrogen) atoms. The van der Waals surface area contributed by atoms with E-state index in [-0.39, 0.29) is 5.91 Å². The van der Waals surface area contributed by atoms with Crippen LogP contribution in [0, 0.1) is 13.8 Å². The molecule has 0 radical (unpaired) electrons. The maximum Gasteiger partial charge on any atom is 0.251 e. The summed E-state index contributed by atoms with van der Waals surface area (Å²) in [4.78, 5) is 17.3. The number of nitrogens with zero attached hydrogens (tertiary/aromatic N) is 2. The number of imidazole rings is 1. The van der Waals surface area contributed by atoms with Crippen molar-refractivity contribution in [3.8, 4) is 5.75 Å². The summed E-state index contributed by atoms with van der Waals surface area (Å²) in [5, 5.41) is 2.98. The summed E-state index contributed by atoms with van der Waals surface area (Å²) in [6.07, 6.45) is 0. The van der Waals surface area contributed by atoms with Crippen LogP contribution in [0.4, 0.5) is 0 Å². The molecule has 6 heteroatoms. The summed E-state index contributed by atoms with van der Waals surface area (Å²) < 4.78 is 9.02. The number of aromatic nitrogens is 2. The molecule has 1 aromatic heterocycles. The number of nitrogens with one attached hydrogen (secondary N) is 1. The molecule has 0 unspecified atom stereocenters. The van der Waals surface area contributed by atoms with Crippen molar-refractivity contribution in [1.82, 2.24) is 14.9 Å². The molecular formula is C25H24BrN3O2. The van der Waals surface area contributed by atoms with Crippen molar-refractivity contribution in [3.63, 3.8) is 0 Å². The van der Waals surface area contributed by atoms with E-state index in [0.29, 0.717) is 25.3 Å². The van der Waals surface area contributed by atoms with Crippen LogP contribution in [0.1, 0.15) is 27.3 Å². The molecule has 4 aromatic rings. The van der Waals surface area contributed by atoms with Gasteiger partial charge < -0.3 is 14.6 Å². The van der Waals surface area contributed by atoms with Crippen molar-refractivity contribution >= 4 is 32.9 Å². The van der Waals surface area contributed by atoms with Crippen molar-refractivity contribution < 1.29 is 9.53 Å². The Kier molecular flexibility index (Phi) is 6.37. The second kappa shape index (κ2) is 9.35. The molecule has 0 aliphatic rings. The molecule has 0 saturated heterocycles. The third-order valence-corrected chi connectivity index (χ3v) is 5.62. The van der Waals surface area contributed by atoms with Crippen LogP contribution in [0.2, 0.25) is 0 Å². The summed E-state index contributed by atoms with van der Waals surface area (Å²) in [7, 11) is 0. The van der Waals surface area contributed by atoms with Crippen molar-refractivity contribution in [2.45, 2.75) is 26.9 Å². The first-order valence-corrected chi connectivity index (χ1v) is 11.0. The Bertz CT molecular complexity index is 1230. The topological polar surface area (TPSA) is 56.1 Å². The zero-order chi connectivity index (χ0) is 21.8. The molecule has 1 N–H and O–H groups in total. The Morgan fingerprint density at radius 1 is 1.06 bits per heavy atom. The van der Waals surface area contributed by atoms with E-state index < -0.39 is 0 Å². The third kappa shape index (κ3) is 4.97. The number of hydrogen-bond acceptors (Lipinski definition) is 3. The Hall–Kier alpha value is -3.12. The minimum absolute atomic E-state index is 0.133. The summed E-state index contributed by atoms with van der Waals surface area (Å²) >= 11 is 3.41. The number of para-hydroxylation sites is 2.